The van der Waals surface area contributed by atoms with Gasteiger partial charge in [0.2, 0.25) is 0 Å². The summed E-state index contributed by atoms with van der Waals surface area (Å²) in [6.07, 6.45) is 1.85. The second-order valence-corrected chi connectivity index (χ2v) is 9.30. The highest BCUT2D eigenvalue weighted by atomic mass is 35.5. The van der Waals surface area contributed by atoms with E-state index in [1.54, 1.807) is 36.1 Å². The van der Waals surface area contributed by atoms with Crippen LogP contribution in [0.5, 0.6) is 0 Å². The molecule has 1 saturated heterocycles. The number of thioether (sulfide) groups is 1. The first kappa shape index (κ1) is 21.0. The molecule has 0 aliphatic carbocycles. The van der Waals surface area contributed by atoms with Gasteiger partial charge in [-0.05, 0) is 49.1 Å². The summed E-state index contributed by atoms with van der Waals surface area (Å²) in [5, 5.41) is 0.434. The summed E-state index contributed by atoms with van der Waals surface area (Å²) in [4.78, 5) is 15.4. The predicted octanol–water partition coefficient (Wildman–Crippen LogP) is 3.64. The van der Waals surface area contributed by atoms with Crippen LogP contribution in [0.25, 0.3) is 0 Å². The number of sulfonamides is 1. The Labute approximate surface area is 174 Å². The lowest BCUT2D eigenvalue weighted by molar-refractivity contribution is 0.0300. The minimum absolute atomic E-state index is 0.0290. The van der Waals surface area contributed by atoms with Gasteiger partial charge in [0.25, 0.3) is 15.9 Å². The van der Waals surface area contributed by atoms with Gasteiger partial charge in [-0.15, -0.1) is 11.8 Å². The zero-order valence-electron chi connectivity index (χ0n) is 15.6. The van der Waals surface area contributed by atoms with E-state index in [4.69, 9.17) is 16.3 Å². The quantitative estimate of drug-likeness (QED) is 0.718. The number of aryl methyl sites for hydroxylation is 1. The molecule has 9 heteroatoms. The summed E-state index contributed by atoms with van der Waals surface area (Å²) < 4.78 is 33.7. The van der Waals surface area contributed by atoms with Crippen LogP contribution in [0.2, 0.25) is 5.02 Å². The molecular weight excluding hydrogens is 420 g/mol. The molecule has 0 saturated carbocycles. The van der Waals surface area contributed by atoms with Gasteiger partial charge in [0.15, 0.2) is 0 Å². The fourth-order valence-corrected chi connectivity index (χ4v) is 4.76. The molecule has 1 heterocycles. The maximum absolute atomic E-state index is 12.9. The summed E-state index contributed by atoms with van der Waals surface area (Å²) in [5.74, 6) is -0.191. The highest BCUT2D eigenvalue weighted by Crippen LogP contribution is 2.28. The molecule has 1 amide bonds. The highest BCUT2D eigenvalue weighted by molar-refractivity contribution is 7.98. The molecule has 28 heavy (non-hydrogen) atoms. The Morgan fingerprint density at radius 2 is 1.89 bits per heavy atom. The number of morpholine rings is 1. The van der Waals surface area contributed by atoms with Crippen molar-refractivity contribution in [3.8, 4) is 0 Å². The number of rotatable bonds is 5. The van der Waals surface area contributed by atoms with Crippen molar-refractivity contribution in [2.75, 3.05) is 37.3 Å². The SMILES string of the molecule is CSc1ccc(S(=O)(=O)Nc2cc(Cl)ccc2C)cc1C(=O)N1CCOCC1. The van der Waals surface area contributed by atoms with E-state index in [1.165, 1.54) is 23.9 Å². The van der Waals surface area contributed by atoms with Crippen LogP contribution < -0.4 is 4.72 Å². The number of nitrogens with zero attached hydrogens (tertiary/aromatic N) is 1. The van der Waals surface area contributed by atoms with Crippen molar-refractivity contribution in [3.63, 3.8) is 0 Å². The van der Waals surface area contributed by atoms with Crippen molar-refractivity contribution in [1.82, 2.24) is 4.90 Å². The van der Waals surface area contributed by atoms with Crippen molar-refractivity contribution in [1.29, 1.82) is 0 Å². The number of carbonyl (C=O) groups is 1. The van der Waals surface area contributed by atoms with Gasteiger partial charge in [-0.25, -0.2) is 8.42 Å². The lowest BCUT2D eigenvalue weighted by atomic mass is 10.2. The second-order valence-electron chi connectivity index (χ2n) is 6.33. The number of hydrogen-bond donors (Lipinski definition) is 1. The second kappa shape index (κ2) is 8.73. The Bertz CT molecular complexity index is 989. The van der Waals surface area contributed by atoms with E-state index in [9.17, 15) is 13.2 Å². The lowest BCUT2D eigenvalue weighted by Gasteiger charge is -2.27. The van der Waals surface area contributed by atoms with E-state index >= 15 is 0 Å². The molecule has 3 rings (SSSR count). The Kier molecular flexibility index (Phi) is 6.54. The molecule has 2 aromatic carbocycles. The molecule has 0 aromatic heterocycles. The molecular formula is C19H21ClN2O4S2. The third-order valence-electron chi connectivity index (χ3n) is 4.45. The van der Waals surface area contributed by atoms with E-state index < -0.39 is 10.0 Å². The summed E-state index contributed by atoms with van der Waals surface area (Å²) in [5.41, 5.74) is 1.53. The van der Waals surface area contributed by atoms with Crippen LogP contribution in [0.4, 0.5) is 5.69 Å². The van der Waals surface area contributed by atoms with Gasteiger partial charge in [-0.3, -0.25) is 9.52 Å². The van der Waals surface area contributed by atoms with E-state index in [0.717, 1.165) is 10.5 Å². The van der Waals surface area contributed by atoms with Crippen LogP contribution in [0, 0.1) is 6.92 Å². The first-order chi connectivity index (χ1) is 13.3. The smallest absolute Gasteiger partial charge is 0.261 e. The fourth-order valence-electron chi connectivity index (χ4n) is 2.87. The molecule has 0 atom stereocenters. The number of halogens is 1. The van der Waals surface area contributed by atoms with Crippen molar-refractivity contribution in [2.24, 2.45) is 0 Å². The third kappa shape index (κ3) is 4.63. The average molecular weight is 441 g/mol. The van der Waals surface area contributed by atoms with E-state index in [-0.39, 0.29) is 10.8 Å². The number of ether oxygens (including phenoxy) is 1. The number of anilines is 1. The summed E-state index contributed by atoms with van der Waals surface area (Å²) in [7, 11) is -3.88. The van der Waals surface area contributed by atoms with Gasteiger partial charge in [0.05, 0.1) is 29.4 Å². The largest absolute Gasteiger partial charge is 0.378 e. The normalized spacial score (nSPS) is 14.8. The Morgan fingerprint density at radius 3 is 2.57 bits per heavy atom. The summed E-state index contributed by atoms with van der Waals surface area (Å²) in [6.45, 7) is 3.73. The third-order valence-corrected chi connectivity index (χ3v) is 6.85. The number of benzene rings is 2. The number of hydrogen-bond acceptors (Lipinski definition) is 5. The topological polar surface area (TPSA) is 75.7 Å². The predicted molar refractivity (Wildman–Crippen MR) is 112 cm³/mol. The molecule has 1 aliphatic rings. The van der Waals surface area contributed by atoms with Crippen molar-refractivity contribution in [3.05, 3.63) is 52.5 Å². The monoisotopic (exact) mass is 440 g/mol. The number of carbonyl (C=O) groups excluding carboxylic acids is 1. The van der Waals surface area contributed by atoms with Gasteiger partial charge in [-0.1, -0.05) is 17.7 Å². The Balaban J connectivity index is 1.95. The van der Waals surface area contributed by atoms with Crippen molar-refractivity contribution in [2.45, 2.75) is 16.7 Å². The van der Waals surface area contributed by atoms with Gasteiger partial charge < -0.3 is 9.64 Å². The van der Waals surface area contributed by atoms with Gasteiger partial charge in [0.1, 0.15) is 0 Å². The first-order valence-electron chi connectivity index (χ1n) is 8.66. The number of nitrogens with one attached hydrogen (secondary N) is 1. The highest BCUT2D eigenvalue weighted by Gasteiger charge is 2.24. The lowest BCUT2D eigenvalue weighted by Crippen LogP contribution is -2.41. The molecule has 2 aromatic rings. The van der Waals surface area contributed by atoms with Crippen LogP contribution in [0.3, 0.4) is 0 Å². The zero-order chi connectivity index (χ0) is 20.3. The molecule has 1 aliphatic heterocycles. The van der Waals surface area contributed by atoms with Gasteiger partial charge in [-0.2, -0.15) is 0 Å². The first-order valence-corrected chi connectivity index (χ1v) is 11.7. The fraction of sp³-hybridized carbons (Fsp3) is 0.316. The van der Waals surface area contributed by atoms with Gasteiger partial charge >= 0.3 is 0 Å². The van der Waals surface area contributed by atoms with Crippen LogP contribution in [-0.4, -0.2) is 51.8 Å². The number of amides is 1. The van der Waals surface area contributed by atoms with Crippen LogP contribution in [0.15, 0.2) is 46.2 Å². The molecule has 0 radical (unpaired) electrons. The molecule has 0 spiro atoms. The van der Waals surface area contributed by atoms with Crippen LogP contribution >= 0.6 is 23.4 Å². The van der Waals surface area contributed by atoms with Crippen molar-refractivity contribution >= 4 is 45.0 Å². The summed E-state index contributed by atoms with van der Waals surface area (Å²) >= 11 is 7.39. The zero-order valence-corrected chi connectivity index (χ0v) is 18.0. The maximum Gasteiger partial charge on any atom is 0.261 e. The minimum atomic E-state index is -3.88. The minimum Gasteiger partial charge on any atom is -0.378 e. The molecule has 1 N–H and O–H groups in total. The van der Waals surface area contributed by atoms with Crippen LogP contribution in [0.1, 0.15) is 15.9 Å². The maximum atomic E-state index is 12.9. The molecule has 6 nitrogen and oxygen atoms in total. The van der Waals surface area contributed by atoms with Gasteiger partial charge in [0, 0.05) is 23.0 Å². The molecule has 150 valence electrons. The Hall–Kier alpha value is -1.74. The molecule has 0 bridgehead atoms. The van der Waals surface area contributed by atoms with E-state index in [1.807, 2.05) is 6.26 Å². The van der Waals surface area contributed by atoms with Crippen LogP contribution in [-0.2, 0) is 14.8 Å². The summed E-state index contributed by atoms with van der Waals surface area (Å²) in [6, 6.07) is 9.60. The standard InChI is InChI=1S/C19H21ClN2O4S2/c1-13-3-4-14(20)11-17(13)21-28(24,25)15-5-6-18(27-2)16(12-15)19(23)22-7-9-26-10-8-22/h3-6,11-12,21H,7-10H2,1-2H3. The average Bonchev–Trinajstić information content (AvgIpc) is 2.70. The van der Waals surface area contributed by atoms with E-state index in [0.29, 0.717) is 42.6 Å². The Morgan fingerprint density at radius 1 is 1.18 bits per heavy atom. The van der Waals surface area contributed by atoms with Crippen molar-refractivity contribution < 1.29 is 17.9 Å². The molecule has 0 unspecified atom stereocenters. The molecule has 1 fully saturated rings. The van der Waals surface area contributed by atoms with E-state index in [2.05, 4.69) is 4.72 Å².